The molecule has 2 heterocycles. The number of hydrogen-bond donors (Lipinski definition) is 0. The molecule has 3 rings (SSSR count). The fourth-order valence-corrected chi connectivity index (χ4v) is 2.60. The molecular formula is C17H18N2O3. The zero-order valence-electron chi connectivity index (χ0n) is 12.7. The smallest absolute Gasteiger partial charge is 0.358 e. The number of fused-ring (bicyclic) bond motifs is 3. The van der Waals surface area contributed by atoms with Crippen LogP contribution in [0.4, 0.5) is 0 Å². The molecule has 1 unspecified atom stereocenters. The first kappa shape index (κ1) is 14.4. The Balaban J connectivity index is 2.08. The van der Waals surface area contributed by atoms with Crippen molar-refractivity contribution in [3.8, 4) is 11.4 Å². The summed E-state index contributed by atoms with van der Waals surface area (Å²) in [5.41, 5.74) is 2.99. The molecule has 1 atom stereocenters. The van der Waals surface area contributed by atoms with Crippen LogP contribution in [0.1, 0.15) is 41.5 Å². The van der Waals surface area contributed by atoms with Gasteiger partial charge in [-0.15, -0.1) is 6.58 Å². The molecule has 2 aromatic rings. The minimum atomic E-state index is -0.418. The van der Waals surface area contributed by atoms with Crippen molar-refractivity contribution in [1.82, 2.24) is 9.55 Å². The maximum absolute atomic E-state index is 11.9. The van der Waals surface area contributed by atoms with Crippen LogP contribution in [-0.2, 0) is 11.3 Å². The Bertz CT molecular complexity index is 734. The van der Waals surface area contributed by atoms with Gasteiger partial charge >= 0.3 is 5.97 Å². The highest BCUT2D eigenvalue weighted by atomic mass is 16.5. The number of para-hydroxylation sites is 1. The van der Waals surface area contributed by atoms with E-state index in [1.807, 2.05) is 28.8 Å². The number of ether oxygens (including phenoxy) is 2. The van der Waals surface area contributed by atoms with E-state index in [1.165, 1.54) is 0 Å². The van der Waals surface area contributed by atoms with E-state index in [-0.39, 0.29) is 5.92 Å². The molecule has 0 N–H and O–H groups in total. The summed E-state index contributed by atoms with van der Waals surface area (Å²) in [6.07, 6.45) is 3.53. The van der Waals surface area contributed by atoms with Crippen molar-refractivity contribution in [2.45, 2.75) is 26.4 Å². The Morgan fingerprint density at radius 2 is 2.41 bits per heavy atom. The molecule has 0 radical (unpaired) electrons. The van der Waals surface area contributed by atoms with Gasteiger partial charge in [0.05, 0.1) is 18.0 Å². The van der Waals surface area contributed by atoms with Gasteiger partial charge in [0, 0.05) is 11.5 Å². The number of allylic oxidation sites excluding steroid dienone is 1. The largest absolute Gasteiger partial charge is 0.485 e. The molecule has 1 aliphatic rings. The summed E-state index contributed by atoms with van der Waals surface area (Å²) in [6, 6.07) is 5.95. The predicted molar refractivity (Wildman–Crippen MR) is 82.5 cm³/mol. The normalized spacial score (nSPS) is 13.5. The van der Waals surface area contributed by atoms with Crippen molar-refractivity contribution in [3.05, 3.63) is 54.1 Å². The summed E-state index contributed by atoms with van der Waals surface area (Å²) >= 11 is 0. The summed E-state index contributed by atoms with van der Waals surface area (Å²) in [7, 11) is 0. The molecule has 0 spiro atoms. The number of hydrogen-bond acceptors (Lipinski definition) is 4. The lowest BCUT2D eigenvalue weighted by molar-refractivity contribution is 0.0516. The van der Waals surface area contributed by atoms with E-state index in [1.54, 1.807) is 13.3 Å². The third-order valence-corrected chi connectivity index (χ3v) is 3.82. The van der Waals surface area contributed by atoms with Crippen LogP contribution in [0.3, 0.4) is 0 Å². The number of rotatable bonds is 4. The SMILES string of the molecule is C=CC(C)c1cccc2c1OCc1c(C(=O)OCC)ncn1-2. The van der Waals surface area contributed by atoms with E-state index >= 15 is 0 Å². The summed E-state index contributed by atoms with van der Waals surface area (Å²) in [4.78, 5) is 16.1. The minimum Gasteiger partial charge on any atom is -0.485 e. The van der Waals surface area contributed by atoms with Crippen molar-refractivity contribution in [3.63, 3.8) is 0 Å². The zero-order valence-corrected chi connectivity index (χ0v) is 12.7. The minimum absolute atomic E-state index is 0.185. The second-order valence-corrected chi connectivity index (χ2v) is 5.14. The van der Waals surface area contributed by atoms with E-state index in [4.69, 9.17) is 9.47 Å². The van der Waals surface area contributed by atoms with E-state index in [0.29, 0.717) is 24.6 Å². The van der Waals surface area contributed by atoms with Crippen molar-refractivity contribution in [2.75, 3.05) is 6.61 Å². The van der Waals surface area contributed by atoms with E-state index in [0.717, 1.165) is 17.0 Å². The lowest BCUT2D eigenvalue weighted by Gasteiger charge is -2.24. The molecule has 0 bridgehead atoms. The molecule has 114 valence electrons. The Hall–Kier alpha value is -2.56. The van der Waals surface area contributed by atoms with Gasteiger partial charge in [-0.3, -0.25) is 4.57 Å². The van der Waals surface area contributed by atoms with Crippen LogP contribution >= 0.6 is 0 Å². The first-order valence-corrected chi connectivity index (χ1v) is 7.29. The Kier molecular flexibility index (Phi) is 3.71. The molecule has 1 aliphatic heterocycles. The number of carbonyl (C=O) groups excluding carboxylic acids is 1. The molecule has 0 saturated carbocycles. The van der Waals surface area contributed by atoms with E-state index in [9.17, 15) is 4.79 Å². The number of aromatic nitrogens is 2. The maximum Gasteiger partial charge on any atom is 0.358 e. The summed E-state index contributed by atoms with van der Waals surface area (Å²) in [5.74, 6) is 0.582. The quantitative estimate of drug-likeness (QED) is 0.642. The summed E-state index contributed by atoms with van der Waals surface area (Å²) < 4.78 is 12.8. The highest BCUT2D eigenvalue weighted by Crippen LogP contribution is 2.37. The molecular weight excluding hydrogens is 280 g/mol. The maximum atomic E-state index is 11.9. The molecule has 0 saturated heterocycles. The van der Waals surface area contributed by atoms with Crippen molar-refractivity contribution in [1.29, 1.82) is 0 Å². The van der Waals surface area contributed by atoms with Gasteiger partial charge in [-0.1, -0.05) is 25.1 Å². The first-order valence-electron chi connectivity index (χ1n) is 7.29. The average Bonchev–Trinajstić information content (AvgIpc) is 2.98. The first-order chi connectivity index (χ1) is 10.7. The van der Waals surface area contributed by atoms with Gasteiger partial charge in [-0.25, -0.2) is 9.78 Å². The second kappa shape index (κ2) is 5.67. The Morgan fingerprint density at radius 3 is 3.14 bits per heavy atom. The summed E-state index contributed by atoms with van der Waals surface area (Å²) in [5, 5.41) is 0. The van der Waals surface area contributed by atoms with Crippen LogP contribution in [-0.4, -0.2) is 22.1 Å². The molecule has 5 nitrogen and oxygen atoms in total. The lowest BCUT2D eigenvalue weighted by atomic mass is 9.99. The van der Waals surface area contributed by atoms with E-state index < -0.39 is 5.97 Å². The highest BCUT2D eigenvalue weighted by molar-refractivity contribution is 5.89. The van der Waals surface area contributed by atoms with Crippen LogP contribution in [0.5, 0.6) is 5.75 Å². The number of carbonyl (C=O) groups is 1. The summed E-state index contributed by atoms with van der Waals surface area (Å²) in [6.45, 7) is 8.30. The van der Waals surface area contributed by atoms with Crippen LogP contribution in [0.25, 0.3) is 5.69 Å². The Labute approximate surface area is 129 Å². The molecule has 22 heavy (non-hydrogen) atoms. The zero-order chi connectivity index (χ0) is 15.7. The standard InChI is InChI=1S/C17H18N2O3/c1-4-11(3)12-7-6-8-13-16(12)22-9-14-15(17(20)21-5-2)18-10-19(13)14/h4,6-8,10-11H,1,5,9H2,2-3H3. The number of esters is 1. The van der Waals surface area contributed by atoms with Crippen molar-refractivity contribution in [2.24, 2.45) is 0 Å². The number of imidazole rings is 1. The second-order valence-electron chi connectivity index (χ2n) is 5.14. The lowest BCUT2D eigenvalue weighted by Crippen LogP contribution is -2.17. The molecule has 0 aliphatic carbocycles. The van der Waals surface area contributed by atoms with Gasteiger partial charge in [0.15, 0.2) is 5.69 Å². The van der Waals surface area contributed by atoms with Gasteiger partial charge in [0.2, 0.25) is 0 Å². The number of nitrogens with zero attached hydrogens (tertiary/aromatic N) is 2. The molecule has 0 amide bonds. The fraction of sp³-hybridized carbons (Fsp3) is 0.294. The van der Waals surface area contributed by atoms with Crippen LogP contribution in [0.2, 0.25) is 0 Å². The van der Waals surface area contributed by atoms with Gasteiger partial charge in [-0.05, 0) is 13.0 Å². The predicted octanol–water partition coefficient (Wildman–Crippen LogP) is 3.23. The third-order valence-electron chi connectivity index (χ3n) is 3.82. The fourth-order valence-electron chi connectivity index (χ4n) is 2.60. The van der Waals surface area contributed by atoms with Gasteiger partial charge in [0.25, 0.3) is 0 Å². The number of benzene rings is 1. The van der Waals surface area contributed by atoms with Gasteiger partial charge < -0.3 is 9.47 Å². The van der Waals surface area contributed by atoms with Crippen LogP contribution in [0, 0.1) is 0 Å². The molecule has 1 aromatic heterocycles. The molecule has 0 fully saturated rings. The highest BCUT2D eigenvalue weighted by Gasteiger charge is 2.27. The topological polar surface area (TPSA) is 53.4 Å². The molecule has 5 heteroatoms. The van der Waals surface area contributed by atoms with Gasteiger partial charge in [0.1, 0.15) is 18.7 Å². The molecule has 1 aromatic carbocycles. The van der Waals surface area contributed by atoms with Gasteiger partial charge in [-0.2, -0.15) is 0 Å². The van der Waals surface area contributed by atoms with Crippen molar-refractivity contribution < 1.29 is 14.3 Å². The third kappa shape index (κ3) is 2.19. The van der Waals surface area contributed by atoms with Crippen LogP contribution < -0.4 is 4.74 Å². The monoisotopic (exact) mass is 298 g/mol. The van der Waals surface area contributed by atoms with Crippen molar-refractivity contribution >= 4 is 5.97 Å². The Morgan fingerprint density at radius 1 is 1.59 bits per heavy atom. The van der Waals surface area contributed by atoms with E-state index in [2.05, 4.69) is 18.5 Å². The van der Waals surface area contributed by atoms with Crippen LogP contribution in [0.15, 0.2) is 37.2 Å². The average molecular weight is 298 g/mol.